The van der Waals surface area contributed by atoms with Crippen molar-refractivity contribution in [3.8, 4) is 0 Å². The summed E-state index contributed by atoms with van der Waals surface area (Å²) in [7, 11) is 0. The van der Waals surface area contributed by atoms with E-state index in [1.807, 2.05) is 0 Å². The molecule has 0 aromatic carbocycles. The van der Waals surface area contributed by atoms with Gasteiger partial charge in [0, 0.05) is 5.92 Å². The molecule has 0 saturated carbocycles. The molecule has 0 aliphatic rings. The van der Waals surface area contributed by atoms with Crippen LogP contribution in [0, 0.1) is 6.92 Å². The van der Waals surface area contributed by atoms with E-state index in [9.17, 15) is 9.59 Å². The van der Waals surface area contributed by atoms with Crippen molar-refractivity contribution in [1.82, 2.24) is 20.4 Å². The second-order valence-corrected chi connectivity index (χ2v) is 6.86. The SMILES string of the molecule is CCC[C@@H](C)c1nnc(NC(=O)C(=O)Nc2nnc(C)s2)s1. The van der Waals surface area contributed by atoms with Crippen molar-refractivity contribution < 1.29 is 9.59 Å². The Kier molecular flexibility index (Phi) is 5.50. The van der Waals surface area contributed by atoms with E-state index >= 15 is 0 Å². The third kappa shape index (κ3) is 4.28. The van der Waals surface area contributed by atoms with E-state index in [2.05, 4.69) is 44.9 Å². The van der Waals surface area contributed by atoms with Crippen molar-refractivity contribution in [3.05, 3.63) is 10.0 Å². The van der Waals surface area contributed by atoms with E-state index in [1.165, 1.54) is 22.7 Å². The van der Waals surface area contributed by atoms with Gasteiger partial charge >= 0.3 is 11.8 Å². The smallest absolute Gasteiger partial charge is 0.292 e. The van der Waals surface area contributed by atoms with Crippen molar-refractivity contribution in [2.45, 2.75) is 39.5 Å². The van der Waals surface area contributed by atoms with Crippen LogP contribution in [0.25, 0.3) is 0 Å². The zero-order valence-corrected chi connectivity index (χ0v) is 14.0. The topological polar surface area (TPSA) is 110 Å². The van der Waals surface area contributed by atoms with Gasteiger partial charge < -0.3 is 0 Å². The highest BCUT2D eigenvalue weighted by Gasteiger charge is 2.19. The zero-order chi connectivity index (χ0) is 16.1. The lowest BCUT2D eigenvalue weighted by atomic mass is 10.1. The minimum absolute atomic E-state index is 0.284. The molecule has 0 saturated heterocycles. The van der Waals surface area contributed by atoms with Crippen LogP contribution in [0.2, 0.25) is 0 Å². The summed E-state index contributed by atoms with van der Waals surface area (Å²) in [5.74, 6) is -1.33. The molecule has 2 N–H and O–H groups in total. The number of hydrogen-bond donors (Lipinski definition) is 2. The first kappa shape index (κ1) is 16.4. The van der Waals surface area contributed by atoms with Gasteiger partial charge in [-0.3, -0.25) is 20.2 Å². The number of carbonyl (C=O) groups is 2. The molecule has 0 bridgehead atoms. The third-order valence-electron chi connectivity index (χ3n) is 2.76. The summed E-state index contributed by atoms with van der Waals surface area (Å²) >= 11 is 2.47. The number of anilines is 2. The van der Waals surface area contributed by atoms with Crippen molar-refractivity contribution in [3.63, 3.8) is 0 Å². The van der Waals surface area contributed by atoms with Crippen LogP contribution < -0.4 is 10.6 Å². The minimum atomic E-state index is -0.811. The number of hydrogen-bond acceptors (Lipinski definition) is 8. The maximum atomic E-state index is 11.8. The predicted molar refractivity (Wildman–Crippen MR) is 85.1 cm³/mol. The van der Waals surface area contributed by atoms with Gasteiger partial charge in [0.1, 0.15) is 10.0 Å². The Morgan fingerprint density at radius 1 is 1.05 bits per heavy atom. The van der Waals surface area contributed by atoms with Gasteiger partial charge in [-0.15, -0.1) is 20.4 Å². The quantitative estimate of drug-likeness (QED) is 0.807. The highest BCUT2D eigenvalue weighted by atomic mass is 32.1. The first-order valence-electron chi connectivity index (χ1n) is 6.75. The maximum Gasteiger partial charge on any atom is 0.315 e. The highest BCUT2D eigenvalue weighted by Crippen LogP contribution is 2.26. The summed E-state index contributed by atoms with van der Waals surface area (Å²) in [5, 5.41) is 22.4. The molecule has 2 rings (SSSR count). The molecule has 10 heteroatoms. The standard InChI is InChI=1S/C12H16N6O2S2/c1-4-5-6(2)10-16-18-12(22-10)14-9(20)8(19)13-11-17-15-7(3)21-11/h6H,4-5H2,1-3H3,(H,13,17,19)(H,14,18,20)/t6-/m1/s1. The first-order chi connectivity index (χ1) is 10.5. The number of aromatic nitrogens is 4. The lowest BCUT2D eigenvalue weighted by Crippen LogP contribution is -2.29. The third-order valence-corrected chi connectivity index (χ3v) is 4.58. The largest absolute Gasteiger partial charge is 0.315 e. The summed E-state index contributed by atoms with van der Waals surface area (Å²) in [4.78, 5) is 23.5. The second kappa shape index (κ2) is 7.36. The normalized spacial score (nSPS) is 12.0. The van der Waals surface area contributed by atoms with Gasteiger partial charge in [-0.25, -0.2) is 0 Å². The van der Waals surface area contributed by atoms with E-state index < -0.39 is 11.8 Å². The summed E-state index contributed by atoms with van der Waals surface area (Å²) in [6, 6.07) is 0. The van der Waals surface area contributed by atoms with E-state index in [1.54, 1.807) is 6.92 Å². The Bertz CT molecular complexity index is 668. The van der Waals surface area contributed by atoms with Crippen LogP contribution in [0.5, 0.6) is 0 Å². The predicted octanol–water partition coefficient (Wildman–Crippen LogP) is 2.18. The molecule has 0 aliphatic heterocycles. The van der Waals surface area contributed by atoms with Crippen molar-refractivity contribution in [2.75, 3.05) is 10.6 Å². The van der Waals surface area contributed by atoms with Crippen LogP contribution >= 0.6 is 22.7 Å². The molecule has 0 fully saturated rings. The van der Waals surface area contributed by atoms with Gasteiger partial charge in [-0.05, 0) is 13.3 Å². The van der Waals surface area contributed by atoms with Crippen molar-refractivity contribution in [2.24, 2.45) is 0 Å². The average molecular weight is 340 g/mol. The monoisotopic (exact) mass is 340 g/mol. The van der Waals surface area contributed by atoms with Crippen LogP contribution in [0.15, 0.2) is 0 Å². The van der Waals surface area contributed by atoms with Gasteiger partial charge in [-0.2, -0.15) is 0 Å². The van der Waals surface area contributed by atoms with Gasteiger partial charge in [0.2, 0.25) is 10.3 Å². The molecule has 0 spiro atoms. The average Bonchev–Trinajstić information content (AvgIpc) is 3.08. The molecule has 8 nitrogen and oxygen atoms in total. The van der Waals surface area contributed by atoms with E-state index in [0.717, 1.165) is 17.8 Å². The van der Waals surface area contributed by atoms with E-state index in [4.69, 9.17) is 0 Å². The van der Waals surface area contributed by atoms with Gasteiger partial charge in [0.15, 0.2) is 0 Å². The Labute approximate surface area is 135 Å². The van der Waals surface area contributed by atoms with Crippen LogP contribution in [-0.2, 0) is 9.59 Å². The molecule has 0 radical (unpaired) electrons. The molecule has 118 valence electrons. The first-order valence-corrected chi connectivity index (χ1v) is 8.38. The Morgan fingerprint density at radius 2 is 1.64 bits per heavy atom. The lowest BCUT2D eigenvalue weighted by molar-refractivity contribution is -0.133. The molecule has 2 aromatic heterocycles. The summed E-state index contributed by atoms with van der Waals surface area (Å²) in [6.07, 6.45) is 2.05. The number of aryl methyl sites for hydroxylation is 1. The van der Waals surface area contributed by atoms with Gasteiger partial charge in [-0.1, -0.05) is 42.9 Å². The van der Waals surface area contributed by atoms with Crippen LogP contribution in [0.3, 0.4) is 0 Å². The van der Waals surface area contributed by atoms with Crippen molar-refractivity contribution >= 4 is 44.8 Å². The summed E-state index contributed by atoms with van der Waals surface area (Å²) in [5.41, 5.74) is 0. The second-order valence-electron chi connectivity index (χ2n) is 4.67. The Hall–Kier alpha value is -1.94. The summed E-state index contributed by atoms with van der Waals surface area (Å²) in [6.45, 7) is 5.91. The zero-order valence-electron chi connectivity index (χ0n) is 12.4. The van der Waals surface area contributed by atoms with Gasteiger partial charge in [0.05, 0.1) is 0 Å². The fourth-order valence-electron chi connectivity index (χ4n) is 1.70. The number of amides is 2. The molecule has 0 aliphatic carbocycles. The maximum absolute atomic E-state index is 11.8. The fourth-order valence-corrected chi connectivity index (χ4v) is 3.11. The number of nitrogens with zero attached hydrogens (tertiary/aromatic N) is 4. The molecule has 2 heterocycles. The summed E-state index contributed by atoms with van der Waals surface area (Å²) < 4.78 is 0. The van der Waals surface area contributed by atoms with Crippen LogP contribution in [-0.4, -0.2) is 32.2 Å². The van der Waals surface area contributed by atoms with Crippen LogP contribution in [0.1, 0.15) is 42.6 Å². The van der Waals surface area contributed by atoms with Crippen molar-refractivity contribution in [1.29, 1.82) is 0 Å². The fraction of sp³-hybridized carbons (Fsp3) is 0.500. The van der Waals surface area contributed by atoms with Gasteiger partial charge in [0.25, 0.3) is 0 Å². The lowest BCUT2D eigenvalue weighted by Gasteiger charge is -2.03. The van der Waals surface area contributed by atoms with E-state index in [-0.39, 0.29) is 11.0 Å². The molecule has 0 unspecified atom stereocenters. The Morgan fingerprint density at radius 3 is 2.18 bits per heavy atom. The Balaban J connectivity index is 1.92. The highest BCUT2D eigenvalue weighted by molar-refractivity contribution is 7.16. The molecular formula is C12H16N6O2S2. The number of carbonyl (C=O) groups excluding carboxylic acids is 2. The molecule has 1 atom stereocenters. The van der Waals surface area contributed by atoms with Crippen LogP contribution in [0.4, 0.5) is 10.3 Å². The number of nitrogens with one attached hydrogen (secondary N) is 2. The molecule has 22 heavy (non-hydrogen) atoms. The van der Waals surface area contributed by atoms with E-state index in [0.29, 0.717) is 10.1 Å². The molecule has 2 aromatic rings. The minimum Gasteiger partial charge on any atom is -0.292 e. The number of rotatable bonds is 5. The molecule has 2 amide bonds. The molecular weight excluding hydrogens is 324 g/mol.